The number of aliphatic carboxylic acids is 1. The Labute approximate surface area is 122 Å². The van der Waals surface area contributed by atoms with Crippen LogP contribution in [0, 0.1) is 11.3 Å². The average Bonchev–Trinajstić information content (AvgIpc) is 2.65. The Morgan fingerprint density at radius 1 is 1.29 bits per heavy atom. The summed E-state index contributed by atoms with van der Waals surface area (Å²) >= 11 is 0. The zero-order valence-electron chi connectivity index (χ0n) is 12.5. The van der Waals surface area contributed by atoms with Gasteiger partial charge in [0.15, 0.2) is 0 Å². The first-order valence-electron chi connectivity index (χ1n) is 7.04. The fraction of sp³-hybridized carbons (Fsp3) is 0.857. The third-order valence-electron chi connectivity index (χ3n) is 4.25. The molecule has 1 heterocycles. The van der Waals surface area contributed by atoms with Gasteiger partial charge in [0.1, 0.15) is 5.60 Å². The number of carboxylic acids is 1. The Morgan fingerprint density at radius 2 is 1.90 bits per heavy atom. The van der Waals surface area contributed by atoms with Crippen LogP contribution in [0.15, 0.2) is 0 Å². The van der Waals surface area contributed by atoms with Crippen LogP contribution in [0.2, 0.25) is 0 Å². The van der Waals surface area contributed by atoms with Gasteiger partial charge < -0.3 is 14.7 Å². The second kappa shape index (κ2) is 4.81. The second-order valence-electron chi connectivity index (χ2n) is 7.08. The molecule has 1 amide bonds. The molecule has 2 rings (SSSR count). The molecule has 0 aromatic carbocycles. The number of carbonyl (C=O) groups is 2. The van der Waals surface area contributed by atoms with Gasteiger partial charge in [-0.3, -0.25) is 4.79 Å². The van der Waals surface area contributed by atoms with E-state index >= 15 is 0 Å². The molecular formula is C14H21F2NO4. The number of amides is 1. The summed E-state index contributed by atoms with van der Waals surface area (Å²) in [7, 11) is 0. The van der Waals surface area contributed by atoms with E-state index in [0.717, 1.165) is 0 Å². The third kappa shape index (κ3) is 3.11. The van der Waals surface area contributed by atoms with Crippen molar-refractivity contribution in [2.24, 2.45) is 11.3 Å². The molecule has 1 aliphatic carbocycles. The van der Waals surface area contributed by atoms with Crippen molar-refractivity contribution in [3.63, 3.8) is 0 Å². The van der Waals surface area contributed by atoms with E-state index in [1.165, 1.54) is 4.90 Å². The summed E-state index contributed by atoms with van der Waals surface area (Å²) in [5.41, 5.74) is -1.97. The van der Waals surface area contributed by atoms with Crippen molar-refractivity contribution in [2.75, 3.05) is 13.1 Å². The zero-order chi connectivity index (χ0) is 16.1. The number of rotatable bonds is 1. The number of halogens is 2. The predicted octanol–water partition coefficient (Wildman–Crippen LogP) is 2.74. The summed E-state index contributed by atoms with van der Waals surface area (Å²) in [5, 5.41) is 9.48. The number of fused-ring (bicyclic) bond motifs is 1. The second-order valence-corrected chi connectivity index (χ2v) is 7.08. The van der Waals surface area contributed by atoms with Gasteiger partial charge in [0.2, 0.25) is 5.92 Å². The summed E-state index contributed by atoms with van der Waals surface area (Å²) in [6.07, 6.45) is -1.68. The molecule has 1 saturated heterocycles. The van der Waals surface area contributed by atoms with Crippen molar-refractivity contribution < 1.29 is 28.2 Å². The molecule has 2 fully saturated rings. The number of ether oxygens (including phenoxy) is 1. The van der Waals surface area contributed by atoms with Crippen LogP contribution in [0.4, 0.5) is 13.6 Å². The van der Waals surface area contributed by atoms with Crippen molar-refractivity contribution in [2.45, 2.75) is 51.6 Å². The topological polar surface area (TPSA) is 66.8 Å². The first-order valence-corrected chi connectivity index (χ1v) is 7.04. The summed E-state index contributed by atoms with van der Waals surface area (Å²) in [4.78, 5) is 24.9. The minimum absolute atomic E-state index is 0.0107. The molecule has 0 radical (unpaired) electrons. The molecule has 21 heavy (non-hydrogen) atoms. The Balaban J connectivity index is 2.18. The van der Waals surface area contributed by atoms with Gasteiger partial charge in [-0.05, 0) is 27.2 Å². The van der Waals surface area contributed by atoms with Gasteiger partial charge in [-0.15, -0.1) is 0 Å². The number of alkyl halides is 2. The van der Waals surface area contributed by atoms with Gasteiger partial charge in [0, 0.05) is 31.8 Å². The number of carbonyl (C=O) groups excluding carboxylic acids is 1. The average molecular weight is 305 g/mol. The van der Waals surface area contributed by atoms with Gasteiger partial charge in [-0.2, -0.15) is 0 Å². The molecule has 1 saturated carbocycles. The lowest BCUT2D eigenvalue weighted by Crippen LogP contribution is -2.46. The number of hydrogen-bond donors (Lipinski definition) is 1. The minimum Gasteiger partial charge on any atom is -0.481 e. The van der Waals surface area contributed by atoms with Gasteiger partial charge in [0.05, 0.1) is 5.41 Å². The fourth-order valence-corrected chi connectivity index (χ4v) is 3.20. The van der Waals surface area contributed by atoms with Crippen LogP contribution in [-0.2, 0) is 9.53 Å². The van der Waals surface area contributed by atoms with Crippen LogP contribution in [0.25, 0.3) is 0 Å². The Hall–Kier alpha value is -1.40. The molecule has 5 nitrogen and oxygen atoms in total. The lowest BCUT2D eigenvalue weighted by atomic mass is 9.67. The van der Waals surface area contributed by atoms with E-state index in [1.807, 2.05) is 0 Å². The highest BCUT2D eigenvalue weighted by Crippen LogP contribution is 2.51. The highest BCUT2D eigenvalue weighted by atomic mass is 19.3. The lowest BCUT2D eigenvalue weighted by molar-refractivity contribution is -0.160. The number of carboxylic acid groups (broad SMARTS) is 1. The molecule has 0 aromatic heterocycles. The molecule has 1 aliphatic heterocycles. The first kappa shape index (κ1) is 16.0. The highest BCUT2D eigenvalue weighted by molar-refractivity contribution is 5.78. The first-order chi connectivity index (χ1) is 9.45. The molecule has 0 aromatic rings. The summed E-state index contributed by atoms with van der Waals surface area (Å²) in [6, 6.07) is 0. The molecular weight excluding hydrogens is 284 g/mol. The maximum atomic E-state index is 13.5. The van der Waals surface area contributed by atoms with E-state index in [4.69, 9.17) is 4.74 Å². The van der Waals surface area contributed by atoms with Gasteiger partial charge in [0.25, 0.3) is 0 Å². The summed E-state index contributed by atoms with van der Waals surface area (Å²) < 4.78 is 32.3. The molecule has 2 atom stereocenters. The van der Waals surface area contributed by atoms with Crippen molar-refractivity contribution in [3.05, 3.63) is 0 Å². The van der Waals surface area contributed by atoms with E-state index in [1.54, 1.807) is 20.8 Å². The van der Waals surface area contributed by atoms with E-state index in [-0.39, 0.29) is 19.5 Å². The van der Waals surface area contributed by atoms with Crippen LogP contribution in [0.1, 0.15) is 40.0 Å². The summed E-state index contributed by atoms with van der Waals surface area (Å²) in [5.74, 6) is -4.69. The fourth-order valence-electron chi connectivity index (χ4n) is 3.20. The van der Waals surface area contributed by atoms with Crippen molar-refractivity contribution >= 4 is 12.1 Å². The molecule has 0 unspecified atom stereocenters. The van der Waals surface area contributed by atoms with Crippen LogP contribution in [0.3, 0.4) is 0 Å². The normalized spacial score (nSPS) is 31.7. The van der Waals surface area contributed by atoms with Gasteiger partial charge in [-0.1, -0.05) is 0 Å². The van der Waals surface area contributed by atoms with E-state index < -0.39 is 47.8 Å². The standard InChI is InChI=1S/C14H21F2NO4/c1-12(2,3)21-11(20)17-7-9-6-14(15,16)5-4-13(9,8-17)10(18)19/h9H,4-8H2,1-3H3,(H,18,19)/t9-,13+/m1/s1. The monoisotopic (exact) mass is 305 g/mol. The van der Waals surface area contributed by atoms with Crippen molar-refractivity contribution in [3.8, 4) is 0 Å². The summed E-state index contributed by atoms with van der Waals surface area (Å²) in [6.45, 7) is 5.06. The third-order valence-corrected chi connectivity index (χ3v) is 4.25. The maximum absolute atomic E-state index is 13.5. The number of nitrogens with zero attached hydrogens (tertiary/aromatic N) is 1. The largest absolute Gasteiger partial charge is 0.481 e. The Morgan fingerprint density at radius 3 is 2.43 bits per heavy atom. The predicted molar refractivity (Wildman–Crippen MR) is 70.2 cm³/mol. The molecule has 2 aliphatic rings. The molecule has 7 heteroatoms. The van der Waals surface area contributed by atoms with Crippen LogP contribution >= 0.6 is 0 Å². The highest BCUT2D eigenvalue weighted by Gasteiger charge is 2.60. The van der Waals surface area contributed by atoms with E-state index in [0.29, 0.717) is 0 Å². The SMILES string of the molecule is CC(C)(C)OC(=O)N1C[C@H]2CC(F)(F)CC[C@]2(C(=O)O)C1. The quantitative estimate of drug-likeness (QED) is 0.809. The zero-order valence-corrected chi connectivity index (χ0v) is 12.5. The number of likely N-dealkylation sites (tertiary alicyclic amines) is 1. The van der Waals surface area contributed by atoms with Crippen LogP contribution in [-0.4, -0.2) is 46.7 Å². The van der Waals surface area contributed by atoms with Crippen LogP contribution < -0.4 is 0 Å². The Kier molecular flexibility index (Phi) is 3.66. The van der Waals surface area contributed by atoms with Crippen LogP contribution in [0.5, 0.6) is 0 Å². The molecule has 0 bridgehead atoms. The smallest absolute Gasteiger partial charge is 0.410 e. The van der Waals surface area contributed by atoms with Gasteiger partial charge >= 0.3 is 12.1 Å². The van der Waals surface area contributed by atoms with E-state index in [9.17, 15) is 23.5 Å². The lowest BCUT2D eigenvalue weighted by Gasteiger charge is -2.37. The Bertz CT molecular complexity index is 460. The maximum Gasteiger partial charge on any atom is 0.410 e. The molecule has 0 spiro atoms. The van der Waals surface area contributed by atoms with Crippen molar-refractivity contribution in [1.82, 2.24) is 4.90 Å². The molecule has 1 N–H and O–H groups in total. The van der Waals surface area contributed by atoms with Gasteiger partial charge in [-0.25, -0.2) is 13.6 Å². The minimum atomic E-state index is -2.85. The molecule has 120 valence electrons. The van der Waals surface area contributed by atoms with E-state index in [2.05, 4.69) is 0 Å². The number of hydrogen-bond acceptors (Lipinski definition) is 3. The van der Waals surface area contributed by atoms with Crippen molar-refractivity contribution in [1.29, 1.82) is 0 Å².